The van der Waals surface area contributed by atoms with Crippen LogP contribution in [0.25, 0.3) is 0 Å². The predicted molar refractivity (Wildman–Crippen MR) is 89.0 cm³/mol. The number of ether oxygens (including phenoxy) is 1. The van der Waals surface area contributed by atoms with Crippen molar-refractivity contribution in [2.75, 3.05) is 24.6 Å². The molecule has 2 amide bonds. The number of carbonyl (C=O) groups excluding carboxylic acids is 2. The summed E-state index contributed by atoms with van der Waals surface area (Å²) in [6.07, 6.45) is 1.42. The first kappa shape index (κ1) is 16.3. The van der Waals surface area contributed by atoms with Gasteiger partial charge in [0.1, 0.15) is 0 Å². The van der Waals surface area contributed by atoms with Crippen LogP contribution in [-0.2, 0) is 9.53 Å². The van der Waals surface area contributed by atoms with E-state index in [-0.39, 0.29) is 24.0 Å². The monoisotopic (exact) mass is 336 g/mol. The highest BCUT2D eigenvalue weighted by Crippen LogP contribution is 2.28. The molecular formula is C17H21ClN2O3. The van der Waals surface area contributed by atoms with Gasteiger partial charge in [0.15, 0.2) is 0 Å². The zero-order chi connectivity index (χ0) is 16.6. The number of morpholine rings is 1. The molecule has 2 saturated heterocycles. The maximum Gasteiger partial charge on any atom is 0.255 e. The Kier molecular flexibility index (Phi) is 4.60. The van der Waals surface area contributed by atoms with Crippen LogP contribution in [0.4, 0.5) is 5.69 Å². The van der Waals surface area contributed by atoms with Gasteiger partial charge in [-0.15, -0.1) is 0 Å². The molecule has 0 spiro atoms. The summed E-state index contributed by atoms with van der Waals surface area (Å²) in [6, 6.07) is 5.24. The van der Waals surface area contributed by atoms with E-state index in [1.807, 2.05) is 13.8 Å². The van der Waals surface area contributed by atoms with Gasteiger partial charge in [-0.05, 0) is 38.5 Å². The molecule has 2 atom stereocenters. The lowest BCUT2D eigenvalue weighted by molar-refractivity contribution is -0.117. The first-order valence-corrected chi connectivity index (χ1v) is 8.37. The molecule has 2 fully saturated rings. The Morgan fingerprint density at radius 3 is 2.83 bits per heavy atom. The second kappa shape index (κ2) is 6.49. The molecule has 1 aromatic rings. The van der Waals surface area contributed by atoms with Gasteiger partial charge in [-0.2, -0.15) is 0 Å². The van der Waals surface area contributed by atoms with Gasteiger partial charge in [0, 0.05) is 25.2 Å². The quantitative estimate of drug-likeness (QED) is 0.834. The summed E-state index contributed by atoms with van der Waals surface area (Å²) in [4.78, 5) is 28.3. The van der Waals surface area contributed by atoms with Crippen LogP contribution in [-0.4, -0.2) is 48.6 Å². The van der Waals surface area contributed by atoms with Crippen LogP contribution in [0.15, 0.2) is 18.2 Å². The van der Waals surface area contributed by atoms with Crippen LogP contribution < -0.4 is 4.90 Å². The molecule has 0 aromatic heterocycles. The Labute approximate surface area is 141 Å². The third-order valence-corrected chi connectivity index (χ3v) is 4.76. The van der Waals surface area contributed by atoms with Crippen molar-refractivity contribution in [2.24, 2.45) is 0 Å². The Bertz CT molecular complexity index is 634. The predicted octanol–water partition coefficient (Wildman–Crippen LogP) is 2.72. The maximum atomic E-state index is 12.9. The SMILES string of the molecule is C[C@@H]1CO[C@@H](C)CN1C(=O)c1cc(N2CCCC2=O)ccc1Cl. The van der Waals surface area contributed by atoms with E-state index < -0.39 is 0 Å². The molecular weight excluding hydrogens is 316 g/mol. The van der Waals surface area contributed by atoms with Crippen LogP contribution in [0.5, 0.6) is 0 Å². The van der Waals surface area contributed by atoms with Crippen molar-refractivity contribution in [1.82, 2.24) is 4.90 Å². The van der Waals surface area contributed by atoms with Crippen LogP contribution in [0.2, 0.25) is 5.02 Å². The van der Waals surface area contributed by atoms with Crippen LogP contribution in [0.3, 0.4) is 0 Å². The first-order chi connectivity index (χ1) is 11.0. The van der Waals surface area contributed by atoms with Gasteiger partial charge in [-0.25, -0.2) is 0 Å². The lowest BCUT2D eigenvalue weighted by Gasteiger charge is -2.37. The highest BCUT2D eigenvalue weighted by Gasteiger charge is 2.30. The van der Waals surface area contributed by atoms with Gasteiger partial charge in [0.25, 0.3) is 5.91 Å². The maximum absolute atomic E-state index is 12.9. The van der Waals surface area contributed by atoms with E-state index in [0.717, 1.165) is 12.1 Å². The van der Waals surface area contributed by atoms with Gasteiger partial charge < -0.3 is 14.5 Å². The number of halogens is 1. The van der Waals surface area contributed by atoms with Crippen molar-refractivity contribution in [3.8, 4) is 0 Å². The van der Waals surface area contributed by atoms with E-state index >= 15 is 0 Å². The van der Waals surface area contributed by atoms with E-state index in [4.69, 9.17) is 16.3 Å². The Balaban J connectivity index is 1.89. The van der Waals surface area contributed by atoms with Crippen molar-refractivity contribution in [3.63, 3.8) is 0 Å². The molecule has 124 valence electrons. The van der Waals surface area contributed by atoms with Crippen molar-refractivity contribution in [3.05, 3.63) is 28.8 Å². The molecule has 0 radical (unpaired) electrons. The molecule has 1 aromatic carbocycles. The number of carbonyl (C=O) groups is 2. The summed E-state index contributed by atoms with van der Waals surface area (Å²) in [6.45, 7) is 5.68. The lowest BCUT2D eigenvalue weighted by atomic mass is 10.1. The molecule has 0 bridgehead atoms. The van der Waals surface area contributed by atoms with Crippen molar-refractivity contribution >= 4 is 29.1 Å². The summed E-state index contributed by atoms with van der Waals surface area (Å²) in [7, 11) is 0. The third-order valence-electron chi connectivity index (χ3n) is 4.43. The Morgan fingerprint density at radius 2 is 2.13 bits per heavy atom. The molecule has 2 aliphatic rings. The molecule has 2 aliphatic heterocycles. The highest BCUT2D eigenvalue weighted by atomic mass is 35.5. The van der Waals surface area contributed by atoms with Gasteiger partial charge >= 0.3 is 0 Å². The summed E-state index contributed by atoms with van der Waals surface area (Å²) in [5, 5.41) is 0.414. The van der Waals surface area contributed by atoms with Crippen LogP contribution >= 0.6 is 11.6 Å². The largest absolute Gasteiger partial charge is 0.375 e. The van der Waals surface area contributed by atoms with E-state index in [0.29, 0.717) is 36.7 Å². The van der Waals surface area contributed by atoms with Gasteiger partial charge in [-0.3, -0.25) is 9.59 Å². The van der Waals surface area contributed by atoms with Crippen LogP contribution in [0, 0.1) is 0 Å². The third kappa shape index (κ3) is 3.21. The molecule has 23 heavy (non-hydrogen) atoms. The summed E-state index contributed by atoms with van der Waals surface area (Å²) in [5.41, 5.74) is 1.19. The zero-order valence-electron chi connectivity index (χ0n) is 13.4. The molecule has 6 heteroatoms. The Hall–Kier alpha value is -1.59. The number of hydrogen-bond acceptors (Lipinski definition) is 3. The van der Waals surface area contributed by atoms with Crippen molar-refractivity contribution in [1.29, 1.82) is 0 Å². The first-order valence-electron chi connectivity index (χ1n) is 8.00. The summed E-state index contributed by atoms with van der Waals surface area (Å²) >= 11 is 6.26. The average Bonchev–Trinajstić information content (AvgIpc) is 2.96. The fraction of sp³-hybridized carbons (Fsp3) is 0.529. The highest BCUT2D eigenvalue weighted by molar-refractivity contribution is 6.34. The van der Waals surface area contributed by atoms with Crippen LogP contribution in [0.1, 0.15) is 37.0 Å². The van der Waals surface area contributed by atoms with Gasteiger partial charge in [0.05, 0.1) is 29.3 Å². The zero-order valence-corrected chi connectivity index (χ0v) is 14.2. The minimum Gasteiger partial charge on any atom is -0.375 e. The minimum atomic E-state index is -0.105. The normalized spacial score (nSPS) is 25.1. The van der Waals surface area contributed by atoms with Crippen molar-refractivity contribution < 1.29 is 14.3 Å². The second-order valence-corrected chi connectivity index (χ2v) is 6.67. The summed E-state index contributed by atoms with van der Waals surface area (Å²) < 4.78 is 5.58. The van der Waals surface area contributed by atoms with E-state index in [1.54, 1.807) is 28.0 Å². The van der Waals surface area contributed by atoms with Gasteiger partial charge in [-0.1, -0.05) is 11.6 Å². The number of hydrogen-bond donors (Lipinski definition) is 0. The average molecular weight is 337 g/mol. The number of amides is 2. The number of benzene rings is 1. The molecule has 2 heterocycles. The smallest absolute Gasteiger partial charge is 0.255 e. The standard InChI is InChI=1S/C17H21ClN2O3/c1-11-10-23-12(2)9-20(11)17(22)14-8-13(5-6-15(14)18)19-7-3-4-16(19)21/h5-6,8,11-12H,3-4,7,9-10H2,1-2H3/t11-,12+/m1/s1. The van der Waals surface area contributed by atoms with E-state index in [2.05, 4.69) is 0 Å². The second-order valence-electron chi connectivity index (χ2n) is 6.26. The molecule has 0 saturated carbocycles. The fourth-order valence-corrected chi connectivity index (χ4v) is 3.31. The fourth-order valence-electron chi connectivity index (χ4n) is 3.11. The van der Waals surface area contributed by atoms with Gasteiger partial charge in [0.2, 0.25) is 5.91 Å². The number of nitrogens with zero attached hydrogens (tertiary/aromatic N) is 2. The van der Waals surface area contributed by atoms with E-state index in [1.165, 1.54) is 0 Å². The molecule has 0 unspecified atom stereocenters. The lowest BCUT2D eigenvalue weighted by Crippen LogP contribution is -2.50. The van der Waals surface area contributed by atoms with Crippen molar-refractivity contribution in [2.45, 2.75) is 38.8 Å². The number of rotatable bonds is 2. The number of anilines is 1. The Morgan fingerprint density at radius 1 is 1.35 bits per heavy atom. The topological polar surface area (TPSA) is 49.9 Å². The molecule has 5 nitrogen and oxygen atoms in total. The minimum absolute atomic E-state index is 0.00633. The summed E-state index contributed by atoms with van der Waals surface area (Å²) in [5.74, 6) is -0.00905. The molecule has 3 rings (SSSR count). The van der Waals surface area contributed by atoms with E-state index in [9.17, 15) is 9.59 Å². The molecule has 0 N–H and O–H groups in total. The molecule has 0 aliphatic carbocycles.